The van der Waals surface area contributed by atoms with Crippen molar-refractivity contribution in [2.24, 2.45) is 0 Å². The first-order chi connectivity index (χ1) is 8.70. The number of nitrogens with zero attached hydrogens (tertiary/aromatic N) is 1. The highest BCUT2D eigenvalue weighted by Gasteiger charge is 2.18. The summed E-state index contributed by atoms with van der Waals surface area (Å²) in [5, 5.41) is 3.40. The van der Waals surface area contributed by atoms with Crippen molar-refractivity contribution in [2.45, 2.75) is 26.3 Å². The van der Waals surface area contributed by atoms with Gasteiger partial charge in [-0.15, -0.1) is 0 Å². The number of rotatable bonds is 4. The molecular weight excluding hydrogens is 224 g/mol. The monoisotopic (exact) mass is 248 g/mol. The molecule has 1 fully saturated rings. The lowest BCUT2D eigenvalue weighted by Gasteiger charge is -2.33. The van der Waals surface area contributed by atoms with E-state index in [1.165, 1.54) is 11.1 Å². The van der Waals surface area contributed by atoms with Crippen molar-refractivity contribution in [3.05, 3.63) is 29.3 Å². The SMILES string of the molecule is COc1ccc(C)cc1CC(C)N1CCNCC1. The van der Waals surface area contributed by atoms with Gasteiger partial charge in [-0.1, -0.05) is 17.7 Å². The summed E-state index contributed by atoms with van der Waals surface area (Å²) in [4.78, 5) is 2.55. The maximum Gasteiger partial charge on any atom is 0.122 e. The molecule has 100 valence electrons. The zero-order valence-electron chi connectivity index (χ0n) is 11.7. The predicted octanol–water partition coefficient (Wildman–Crippen LogP) is 1.84. The summed E-state index contributed by atoms with van der Waals surface area (Å²) in [5.41, 5.74) is 2.63. The molecule has 0 amide bonds. The normalized spacial score (nSPS) is 18.6. The smallest absolute Gasteiger partial charge is 0.122 e. The molecular formula is C15H24N2O. The van der Waals surface area contributed by atoms with Gasteiger partial charge >= 0.3 is 0 Å². The second kappa shape index (κ2) is 6.21. The van der Waals surface area contributed by atoms with Gasteiger partial charge in [0.05, 0.1) is 7.11 Å². The number of methoxy groups -OCH3 is 1. The summed E-state index contributed by atoms with van der Waals surface area (Å²) >= 11 is 0. The van der Waals surface area contributed by atoms with Crippen molar-refractivity contribution >= 4 is 0 Å². The Bertz CT molecular complexity index is 386. The van der Waals surface area contributed by atoms with E-state index in [9.17, 15) is 0 Å². The van der Waals surface area contributed by atoms with Crippen LogP contribution in [0.5, 0.6) is 5.75 Å². The summed E-state index contributed by atoms with van der Waals surface area (Å²) in [6.07, 6.45) is 1.06. The van der Waals surface area contributed by atoms with Gasteiger partial charge in [-0.25, -0.2) is 0 Å². The molecule has 1 atom stereocenters. The van der Waals surface area contributed by atoms with E-state index in [4.69, 9.17) is 4.74 Å². The average Bonchev–Trinajstić information content (AvgIpc) is 2.40. The number of benzene rings is 1. The minimum Gasteiger partial charge on any atom is -0.496 e. The molecule has 1 unspecified atom stereocenters. The molecule has 0 aromatic heterocycles. The molecule has 1 aliphatic heterocycles. The number of nitrogens with one attached hydrogen (secondary N) is 1. The fraction of sp³-hybridized carbons (Fsp3) is 0.600. The minimum atomic E-state index is 0.572. The van der Waals surface area contributed by atoms with E-state index in [1.54, 1.807) is 7.11 Å². The van der Waals surface area contributed by atoms with Gasteiger partial charge in [0.1, 0.15) is 5.75 Å². The zero-order valence-corrected chi connectivity index (χ0v) is 11.7. The zero-order chi connectivity index (χ0) is 13.0. The fourth-order valence-corrected chi connectivity index (χ4v) is 2.64. The molecule has 1 N–H and O–H groups in total. The van der Waals surface area contributed by atoms with Crippen molar-refractivity contribution in [3.8, 4) is 5.75 Å². The van der Waals surface area contributed by atoms with Crippen LogP contribution < -0.4 is 10.1 Å². The summed E-state index contributed by atoms with van der Waals surface area (Å²) in [6.45, 7) is 8.96. The van der Waals surface area contributed by atoms with Crippen LogP contribution in [0.1, 0.15) is 18.1 Å². The fourth-order valence-electron chi connectivity index (χ4n) is 2.64. The Morgan fingerprint density at radius 1 is 1.33 bits per heavy atom. The van der Waals surface area contributed by atoms with Gasteiger partial charge in [0.2, 0.25) is 0 Å². The predicted molar refractivity (Wildman–Crippen MR) is 75.3 cm³/mol. The maximum absolute atomic E-state index is 5.46. The van der Waals surface area contributed by atoms with Crippen LogP contribution in [0.2, 0.25) is 0 Å². The van der Waals surface area contributed by atoms with Crippen LogP contribution in [0.3, 0.4) is 0 Å². The van der Waals surface area contributed by atoms with Gasteiger partial charge in [-0.3, -0.25) is 4.90 Å². The number of hydrogen-bond acceptors (Lipinski definition) is 3. The highest BCUT2D eigenvalue weighted by Crippen LogP contribution is 2.22. The lowest BCUT2D eigenvalue weighted by atomic mass is 10.0. The molecule has 2 rings (SSSR count). The minimum absolute atomic E-state index is 0.572. The van der Waals surface area contributed by atoms with Crippen LogP contribution in [0.15, 0.2) is 18.2 Å². The highest BCUT2D eigenvalue weighted by atomic mass is 16.5. The number of piperazine rings is 1. The van der Waals surface area contributed by atoms with E-state index in [0.717, 1.165) is 38.3 Å². The Morgan fingerprint density at radius 2 is 2.06 bits per heavy atom. The largest absolute Gasteiger partial charge is 0.496 e. The van der Waals surface area contributed by atoms with Crippen LogP contribution in [-0.4, -0.2) is 44.2 Å². The van der Waals surface area contributed by atoms with Gasteiger partial charge in [0, 0.05) is 32.2 Å². The van der Waals surface area contributed by atoms with Gasteiger partial charge in [0.15, 0.2) is 0 Å². The van der Waals surface area contributed by atoms with Gasteiger partial charge < -0.3 is 10.1 Å². The molecule has 1 aromatic rings. The molecule has 1 saturated heterocycles. The quantitative estimate of drug-likeness (QED) is 0.880. The van der Waals surface area contributed by atoms with E-state index in [0.29, 0.717) is 6.04 Å². The van der Waals surface area contributed by atoms with Crippen LogP contribution in [0, 0.1) is 6.92 Å². The molecule has 0 aliphatic carbocycles. The van der Waals surface area contributed by atoms with E-state index in [1.807, 2.05) is 0 Å². The van der Waals surface area contributed by atoms with Crippen molar-refractivity contribution in [1.82, 2.24) is 10.2 Å². The third kappa shape index (κ3) is 3.24. The van der Waals surface area contributed by atoms with Gasteiger partial charge in [0.25, 0.3) is 0 Å². The van der Waals surface area contributed by atoms with Crippen molar-refractivity contribution < 1.29 is 4.74 Å². The lowest BCUT2D eigenvalue weighted by Crippen LogP contribution is -2.48. The number of aryl methyl sites for hydroxylation is 1. The topological polar surface area (TPSA) is 24.5 Å². The Hall–Kier alpha value is -1.06. The van der Waals surface area contributed by atoms with E-state index >= 15 is 0 Å². The Kier molecular flexibility index (Phi) is 4.61. The van der Waals surface area contributed by atoms with Crippen LogP contribution in [-0.2, 0) is 6.42 Å². The third-order valence-electron chi connectivity index (χ3n) is 3.73. The van der Waals surface area contributed by atoms with Crippen LogP contribution in [0.25, 0.3) is 0 Å². The first-order valence-electron chi connectivity index (χ1n) is 6.79. The van der Waals surface area contributed by atoms with Crippen LogP contribution in [0.4, 0.5) is 0 Å². The second-order valence-corrected chi connectivity index (χ2v) is 5.15. The number of ether oxygens (including phenoxy) is 1. The van der Waals surface area contributed by atoms with Crippen molar-refractivity contribution in [2.75, 3.05) is 33.3 Å². The molecule has 1 aromatic carbocycles. The molecule has 0 spiro atoms. The van der Waals surface area contributed by atoms with Gasteiger partial charge in [-0.05, 0) is 31.9 Å². The number of hydrogen-bond donors (Lipinski definition) is 1. The second-order valence-electron chi connectivity index (χ2n) is 5.15. The molecule has 1 heterocycles. The standard InChI is InChI=1S/C15H24N2O/c1-12-4-5-15(18-3)14(10-12)11-13(2)17-8-6-16-7-9-17/h4-5,10,13,16H,6-9,11H2,1-3H3. The summed E-state index contributed by atoms with van der Waals surface area (Å²) in [6, 6.07) is 7.01. The molecule has 3 heteroatoms. The Balaban J connectivity index is 2.05. The summed E-state index contributed by atoms with van der Waals surface area (Å²) in [7, 11) is 1.75. The van der Waals surface area contributed by atoms with E-state index in [-0.39, 0.29) is 0 Å². The Labute approximate surface area is 110 Å². The van der Waals surface area contributed by atoms with E-state index in [2.05, 4.69) is 42.3 Å². The molecule has 1 aliphatic rings. The van der Waals surface area contributed by atoms with Crippen LogP contribution >= 0.6 is 0 Å². The third-order valence-corrected chi connectivity index (χ3v) is 3.73. The molecule has 0 radical (unpaired) electrons. The first-order valence-corrected chi connectivity index (χ1v) is 6.79. The molecule has 3 nitrogen and oxygen atoms in total. The summed E-state index contributed by atoms with van der Waals surface area (Å²) in [5.74, 6) is 1.02. The van der Waals surface area contributed by atoms with Gasteiger partial charge in [-0.2, -0.15) is 0 Å². The van der Waals surface area contributed by atoms with Crippen molar-refractivity contribution in [1.29, 1.82) is 0 Å². The molecule has 18 heavy (non-hydrogen) atoms. The first kappa shape index (κ1) is 13.4. The maximum atomic E-state index is 5.46. The lowest BCUT2D eigenvalue weighted by molar-refractivity contribution is 0.182. The highest BCUT2D eigenvalue weighted by molar-refractivity contribution is 5.37. The average molecular weight is 248 g/mol. The Morgan fingerprint density at radius 3 is 2.72 bits per heavy atom. The molecule has 0 bridgehead atoms. The van der Waals surface area contributed by atoms with Crippen molar-refractivity contribution in [3.63, 3.8) is 0 Å². The summed E-state index contributed by atoms with van der Waals surface area (Å²) < 4.78 is 5.46. The molecule has 0 saturated carbocycles. The van der Waals surface area contributed by atoms with E-state index < -0.39 is 0 Å².